The molecule has 1 spiro atoms. The first-order valence-corrected chi connectivity index (χ1v) is 8.71. The molecule has 1 aromatic carbocycles. The summed E-state index contributed by atoms with van der Waals surface area (Å²) >= 11 is 11.3. The second kappa shape index (κ2) is 6.57. The Bertz CT molecular complexity index is 703. The third-order valence-corrected chi connectivity index (χ3v) is 5.20. The molecule has 24 heavy (non-hydrogen) atoms. The van der Waals surface area contributed by atoms with Gasteiger partial charge in [0.05, 0.1) is 0 Å². The Hall–Kier alpha value is -1.86. The molecule has 1 aromatic rings. The molecule has 3 N–H and O–H groups in total. The average Bonchev–Trinajstić information content (AvgIpc) is 2.77. The van der Waals surface area contributed by atoms with E-state index >= 15 is 0 Å². The van der Waals surface area contributed by atoms with E-state index in [1.54, 1.807) is 12.1 Å². The van der Waals surface area contributed by atoms with E-state index in [0.29, 0.717) is 17.9 Å². The van der Waals surface area contributed by atoms with Crippen molar-refractivity contribution in [2.45, 2.75) is 44.6 Å². The molecule has 1 aliphatic carbocycles. The number of hydrazine groups is 1. The molecule has 8 heteroatoms. The summed E-state index contributed by atoms with van der Waals surface area (Å²) in [7, 11) is 0. The lowest BCUT2D eigenvalue weighted by atomic mass is 9.82. The molecule has 0 radical (unpaired) electrons. The van der Waals surface area contributed by atoms with E-state index in [0.717, 1.165) is 35.5 Å². The maximum absolute atomic E-state index is 12.7. The van der Waals surface area contributed by atoms with Crippen LogP contribution in [0.4, 0.5) is 10.5 Å². The standard InChI is InChI=1S/C16H19ClN4O2S/c1-10-11(17)6-5-7-12(10)18-14(24)20-21-13(22)16(19-15(21)23)8-3-2-4-9-16/h5-7H,2-4,8-9H2,1H3,(H,19,23)(H2,18,20,24). The van der Waals surface area contributed by atoms with Crippen LogP contribution in [0.15, 0.2) is 18.2 Å². The second-order valence-electron chi connectivity index (χ2n) is 6.19. The summed E-state index contributed by atoms with van der Waals surface area (Å²) < 4.78 is 0. The molecule has 0 atom stereocenters. The summed E-state index contributed by atoms with van der Waals surface area (Å²) in [6, 6.07) is 4.94. The number of thiocarbonyl (C=S) groups is 1. The zero-order valence-electron chi connectivity index (χ0n) is 13.3. The number of benzene rings is 1. The maximum Gasteiger partial charge on any atom is 0.344 e. The van der Waals surface area contributed by atoms with Gasteiger partial charge in [0.15, 0.2) is 5.11 Å². The summed E-state index contributed by atoms with van der Waals surface area (Å²) in [5.41, 5.74) is 3.48. The Morgan fingerprint density at radius 2 is 2.00 bits per heavy atom. The summed E-state index contributed by atoms with van der Waals surface area (Å²) in [5, 5.41) is 7.54. The van der Waals surface area contributed by atoms with Crippen LogP contribution in [0.2, 0.25) is 5.02 Å². The van der Waals surface area contributed by atoms with Crippen LogP contribution < -0.4 is 16.1 Å². The van der Waals surface area contributed by atoms with Gasteiger partial charge in [-0.05, 0) is 49.7 Å². The molecular weight excluding hydrogens is 348 g/mol. The quantitative estimate of drug-likeness (QED) is 0.554. The molecule has 0 bridgehead atoms. The highest BCUT2D eigenvalue weighted by atomic mass is 35.5. The molecule has 1 aliphatic heterocycles. The minimum Gasteiger partial charge on any atom is -0.331 e. The number of amides is 3. The first kappa shape index (κ1) is 17.0. The molecule has 1 saturated carbocycles. The molecule has 2 aliphatic rings. The minimum atomic E-state index is -0.774. The van der Waals surface area contributed by atoms with Gasteiger partial charge in [-0.15, -0.1) is 0 Å². The van der Waals surface area contributed by atoms with E-state index < -0.39 is 11.6 Å². The van der Waals surface area contributed by atoms with Gasteiger partial charge in [-0.2, -0.15) is 5.01 Å². The van der Waals surface area contributed by atoms with Crippen molar-refractivity contribution in [3.05, 3.63) is 28.8 Å². The topological polar surface area (TPSA) is 73.5 Å². The number of anilines is 1. The Labute approximate surface area is 150 Å². The molecule has 2 fully saturated rings. The van der Waals surface area contributed by atoms with E-state index in [2.05, 4.69) is 16.1 Å². The smallest absolute Gasteiger partial charge is 0.331 e. The fraction of sp³-hybridized carbons (Fsp3) is 0.438. The maximum atomic E-state index is 12.7. The van der Waals surface area contributed by atoms with E-state index in [-0.39, 0.29) is 11.0 Å². The van der Waals surface area contributed by atoms with Crippen LogP contribution in [0, 0.1) is 6.92 Å². The summed E-state index contributed by atoms with van der Waals surface area (Å²) in [4.78, 5) is 24.9. The Morgan fingerprint density at radius 3 is 2.71 bits per heavy atom. The van der Waals surface area contributed by atoms with Gasteiger partial charge in [-0.3, -0.25) is 10.2 Å². The highest BCUT2D eigenvalue weighted by Gasteiger charge is 2.51. The lowest BCUT2D eigenvalue weighted by molar-refractivity contribution is -0.133. The zero-order valence-corrected chi connectivity index (χ0v) is 14.9. The monoisotopic (exact) mass is 366 g/mol. The molecule has 0 aromatic heterocycles. The number of halogens is 1. The molecule has 0 unspecified atom stereocenters. The van der Waals surface area contributed by atoms with Gasteiger partial charge in [-0.1, -0.05) is 36.9 Å². The fourth-order valence-corrected chi connectivity index (χ4v) is 3.59. The highest BCUT2D eigenvalue weighted by molar-refractivity contribution is 7.80. The summed E-state index contributed by atoms with van der Waals surface area (Å²) in [5.74, 6) is -0.265. The Morgan fingerprint density at radius 1 is 1.29 bits per heavy atom. The number of imide groups is 1. The van der Waals surface area contributed by atoms with Crippen molar-refractivity contribution >= 4 is 46.6 Å². The van der Waals surface area contributed by atoms with Crippen LogP contribution in [0.3, 0.4) is 0 Å². The van der Waals surface area contributed by atoms with Gasteiger partial charge in [0, 0.05) is 10.7 Å². The van der Waals surface area contributed by atoms with Crippen molar-refractivity contribution in [1.29, 1.82) is 0 Å². The van der Waals surface area contributed by atoms with Gasteiger partial charge in [0.25, 0.3) is 5.91 Å². The van der Waals surface area contributed by atoms with Gasteiger partial charge in [0.2, 0.25) is 0 Å². The number of carbonyl (C=O) groups is 2. The van der Waals surface area contributed by atoms with Crippen molar-refractivity contribution in [3.63, 3.8) is 0 Å². The van der Waals surface area contributed by atoms with Gasteiger partial charge in [0.1, 0.15) is 5.54 Å². The number of nitrogens with zero attached hydrogens (tertiary/aromatic N) is 1. The van der Waals surface area contributed by atoms with E-state index in [4.69, 9.17) is 23.8 Å². The van der Waals surface area contributed by atoms with Crippen molar-refractivity contribution in [1.82, 2.24) is 15.8 Å². The minimum absolute atomic E-state index is 0.164. The van der Waals surface area contributed by atoms with Crippen LogP contribution >= 0.6 is 23.8 Å². The Balaban J connectivity index is 1.69. The number of hydrogen-bond acceptors (Lipinski definition) is 3. The second-order valence-corrected chi connectivity index (χ2v) is 7.01. The molecule has 1 heterocycles. The molecule has 1 saturated heterocycles. The van der Waals surface area contributed by atoms with Crippen LogP contribution in [-0.2, 0) is 4.79 Å². The number of rotatable bonds is 2. The molecule has 6 nitrogen and oxygen atoms in total. The van der Waals surface area contributed by atoms with Crippen LogP contribution in [0.25, 0.3) is 0 Å². The number of nitrogens with one attached hydrogen (secondary N) is 3. The fourth-order valence-electron chi connectivity index (χ4n) is 3.21. The number of hydrogen-bond donors (Lipinski definition) is 3. The lowest BCUT2D eigenvalue weighted by Gasteiger charge is -2.30. The van der Waals surface area contributed by atoms with Crippen molar-refractivity contribution in [2.75, 3.05) is 5.32 Å². The van der Waals surface area contributed by atoms with E-state index in [1.165, 1.54) is 0 Å². The van der Waals surface area contributed by atoms with Gasteiger partial charge < -0.3 is 10.6 Å². The molecule has 3 amide bonds. The Kier molecular flexibility index (Phi) is 4.64. The normalized spacial score (nSPS) is 19.3. The van der Waals surface area contributed by atoms with Crippen molar-refractivity contribution in [3.8, 4) is 0 Å². The zero-order chi connectivity index (χ0) is 17.3. The summed E-state index contributed by atoms with van der Waals surface area (Å²) in [6.45, 7) is 1.86. The first-order valence-electron chi connectivity index (χ1n) is 7.92. The van der Waals surface area contributed by atoms with Crippen LogP contribution in [-0.4, -0.2) is 27.6 Å². The molecule has 128 valence electrons. The van der Waals surface area contributed by atoms with E-state index in [1.807, 2.05) is 13.0 Å². The third kappa shape index (κ3) is 3.06. The molecular formula is C16H19ClN4O2S. The average molecular weight is 367 g/mol. The predicted molar refractivity (Wildman–Crippen MR) is 96.7 cm³/mol. The summed E-state index contributed by atoms with van der Waals surface area (Å²) in [6.07, 6.45) is 4.30. The van der Waals surface area contributed by atoms with Crippen molar-refractivity contribution in [2.24, 2.45) is 0 Å². The van der Waals surface area contributed by atoms with Crippen LogP contribution in [0.1, 0.15) is 37.7 Å². The van der Waals surface area contributed by atoms with Gasteiger partial charge in [-0.25, -0.2) is 4.79 Å². The van der Waals surface area contributed by atoms with E-state index in [9.17, 15) is 9.59 Å². The third-order valence-electron chi connectivity index (χ3n) is 4.60. The van der Waals surface area contributed by atoms with Gasteiger partial charge >= 0.3 is 6.03 Å². The number of carbonyl (C=O) groups excluding carboxylic acids is 2. The molecule has 3 rings (SSSR count). The SMILES string of the molecule is Cc1c(Cl)cccc1NC(=S)NN1C(=O)NC2(CCCCC2)C1=O. The van der Waals surface area contributed by atoms with Crippen molar-refractivity contribution < 1.29 is 9.59 Å². The van der Waals surface area contributed by atoms with Crippen LogP contribution in [0.5, 0.6) is 0 Å². The number of urea groups is 1. The largest absolute Gasteiger partial charge is 0.344 e. The highest BCUT2D eigenvalue weighted by Crippen LogP contribution is 2.33. The first-order chi connectivity index (χ1) is 11.4. The lowest BCUT2D eigenvalue weighted by Crippen LogP contribution is -2.51. The predicted octanol–water partition coefficient (Wildman–Crippen LogP) is 3.10.